The molecule has 94 heavy (non-hydrogen) atoms. The monoisotopic (exact) mass is 1320 g/mol. The number of carbonyl (C=O) groups is 1. The Morgan fingerprint density at radius 2 is 0.638 bits per heavy atom. The number of allylic oxidation sites excluding steroid dienone is 9. The van der Waals surface area contributed by atoms with Crippen LogP contribution in [0.2, 0.25) is 0 Å². The van der Waals surface area contributed by atoms with Crippen LogP contribution in [0, 0.1) is 0 Å². The van der Waals surface area contributed by atoms with Crippen molar-refractivity contribution in [2.75, 3.05) is 13.2 Å². The van der Waals surface area contributed by atoms with Gasteiger partial charge in [-0.3, -0.25) is 4.79 Å². The van der Waals surface area contributed by atoms with Gasteiger partial charge in [0.15, 0.2) is 6.29 Å². The van der Waals surface area contributed by atoms with Crippen LogP contribution in [-0.2, 0) is 14.3 Å². The van der Waals surface area contributed by atoms with Crippen LogP contribution in [0.1, 0.15) is 418 Å². The third-order valence-corrected chi connectivity index (χ3v) is 19.8. The minimum Gasteiger partial charge on any atom is -0.394 e. The summed E-state index contributed by atoms with van der Waals surface area (Å²) in [6.45, 7) is 3.81. The Morgan fingerprint density at radius 1 is 0.362 bits per heavy atom. The molecule has 1 amide bonds. The summed E-state index contributed by atoms with van der Waals surface area (Å²) in [6.07, 6.45) is 96.8. The van der Waals surface area contributed by atoms with Crippen LogP contribution in [0.3, 0.4) is 0 Å². The molecule has 0 aromatic carbocycles. The molecule has 6 N–H and O–H groups in total. The molecule has 0 bridgehead atoms. The van der Waals surface area contributed by atoms with Crippen LogP contribution < -0.4 is 5.32 Å². The highest BCUT2D eigenvalue weighted by molar-refractivity contribution is 5.76. The molecule has 0 aliphatic carbocycles. The fourth-order valence-corrected chi connectivity index (χ4v) is 13.3. The van der Waals surface area contributed by atoms with Gasteiger partial charge in [-0.2, -0.15) is 0 Å². The molecule has 9 nitrogen and oxygen atoms in total. The number of ether oxygens (including phenoxy) is 2. The molecule has 0 aromatic rings. The zero-order chi connectivity index (χ0) is 67.8. The summed E-state index contributed by atoms with van der Waals surface area (Å²) in [4.78, 5) is 13.2. The molecule has 7 atom stereocenters. The predicted molar refractivity (Wildman–Crippen MR) is 406 cm³/mol. The Labute approximate surface area is 583 Å². The molecule has 1 saturated heterocycles. The third-order valence-electron chi connectivity index (χ3n) is 19.8. The first-order valence-electron chi connectivity index (χ1n) is 41.5. The van der Waals surface area contributed by atoms with Crippen molar-refractivity contribution in [1.29, 1.82) is 0 Å². The van der Waals surface area contributed by atoms with Gasteiger partial charge in [-0.25, -0.2) is 0 Å². The fourth-order valence-electron chi connectivity index (χ4n) is 13.3. The Bertz CT molecular complexity index is 1680. The van der Waals surface area contributed by atoms with Crippen LogP contribution in [0.15, 0.2) is 60.8 Å². The summed E-state index contributed by atoms with van der Waals surface area (Å²) in [6, 6.07) is -0.831. The van der Waals surface area contributed by atoms with Crippen molar-refractivity contribution in [2.24, 2.45) is 0 Å². The summed E-state index contributed by atoms with van der Waals surface area (Å²) in [5.74, 6) is -0.183. The Kier molecular flexibility index (Phi) is 70.4. The molecule has 0 saturated carbocycles. The smallest absolute Gasteiger partial charge is 0.220 e. The van der Waals surface area contributed by atoms with Gasteiger partial charge >= 0.3 is 0 Å². The Hall–Kier alpha value is -2.11. The van der Waals surface area contributed by atoms with E-state index in [9.17, 15) is 30.3 Å². The molecule has 552 valence electrons. The molecule has 1 heterocycles. The zero-order valence-corrected chi connectivity index (χ0v) is 62.2. The molecule has 9 heteroatoms. The van der Waals surface area contributed by atoms with Gasteiger partial charge < -0.3 is 40.3 Å². The molecule has 0 aromatic heterocycles. The number of aliphatic hydroxyl groups is 5. The van der Waals surface area contributed by atoms with Crippen molar-refractivity contribution in [2.45, 2.75) is 461 Å². The molecule has 1 rings (SSSR count). The number of hydrogen-bond donors (Lipinski definition) is 6. The second kappa shape index (κ2) is 73.6. The lowest BCUT2D eigenvalue weighted by molar-refractivity contribution is -0.302. The quantitative estimate of drug-likeness (QED) is 0.0261. The van der Waals surface area contributed by atoms with Gasteiger partial charge in [0, 0.05) is 6.42 Å². The number of aliphatic hydroxyl groups excluding tert-OH is 5. The number of nitrogens with one attached hydrogen (secondary N) is 1. The first-order chi connectivity index (χ1) is 46.3. The van der Waals surface area contributed by atoms with Crippen LogP contribution in [0.4, 0.5) is 0 Å². The van der Waals surface area contributed by atoms with Gasteiger partial charge in [-0.05, 0) is 77.0 Å². The predicted octanol–water partition coefficient (Wildman–Crippen LogP) is 24.0. The number of unbranched alkanes of at least 4 members (excludes halogenated alkanes) is 56. The third kappa shape index (κ3) is 61.0. The number of amides is 1. The summed E-state index contributed by atoms with van der Waals surface area (Å²) >= 11 is 0. The highest BCUT2D eigenvalue weighted by atomic mass is 16.7. The van der Waals surface area contributed by atoms with Crippen molar-refractivity contribution in [3.05, 3.63) is 60.8 Å². The van der Waals surface area contributed by atoms with Crippen LogP contribution >= 0.6 is 0 Å². The zero-order valence-electron chi connectivity index (χ0n) is 62.2. The van der Waals surface area contributed by atoms with E-state index in [1.807, 2.05) is 6.08 Å². The maximum absolute atomic E-state index is 13.2. The van der Waals surface area contributed by atoms with Crippen molar-refractivity contribution < 1.29 is 39.8 Å². The SMILES string of the molecule is CCCCCCC/C=C\C/C=C\CCCCCCCCCCCCCCCCCCCCCCCCCCCCCCCC(=O)NC(COC1OC(CO)C(O)C(O)C1O)C(O)/C=C/CC/C=C/CC/C=C/CCCCCCCCCCCCCCCCCCCCCC. The molecule has 7 unspecified atom stereocenters. The molecule has 0 spiro atoms. The van der Waals surface area contributed by atoms with E-state index in [0.29, 0.717) is 6.42 Å². The number of rotatable bonds is 74. The highest BCUT2D eigenvalue weighted by Gasteiger charge is 2.44. The van der Waals surface area contributed by atoms with E-state index in [4.69, 9.17) is 9.47 Å². The van der Waals surface area contributed by atoms with Gasteiger partial charge in [0.25, 0.3) is 0 Å². The molecular weight excluding hydrogens is 1160 g/mol. The van der Waals surface area contributed by atoms with E-state index >= 15 is 0 Å². The summed E-state index contributed by atoms with van der Waals surface area (Å²) in [5.41, 5.74) is 0. The molecule has 1 aliphatic rings. The Balaban J connectivity index is 2.06. The highest BCUT2D eigenvalue weighted by Crippen LogP contribution is 2.24. The van der Waals surface area contributed by atoms with E-state index in [1.54, 1.807) is 6.08 Å². The average Bonchev–Trinajstić information content (AvgIpc) is 0.831. The van der Waals surface area contributed by atoms with Crippen LogP contribution in [-0.4, -0.2) is 87.5 Å². The summed E-state index contributed by atoms with van der Waals surface area (Å²) < 4.78 is 11.3. The second-order valence-electron chi connectivity index (χ2n) is 28.9. The topological polar surface area (TPSA) is 149 Å². The number of hydrogen-bond acceptors (Lipinski definition) is 8. The minimum absolute atomic E-state index is 0.183. The first kappa shape index (κ1) is 89.9. The maximum atomic E-state index is 13.2. The average molecular weight is 1320 g/mol. The van der Waals surface area contributed by atoms with Gasteiger partial charge in [-0.1, -0.05) is 396 Å². The normalized spacial score (nSPS) is 17.8. The van der Waals surface area contributed by atoms with Crippen LogP contribution in [0.25, 0.3) is 0 Å². The summed E-state index contributed by atoms with van der Waals surface area (Å²) in [7, 11) is 0. The van der Waals surface area contributed by atoms with Gasteiger partial charge in [0.2, 0.25) is 5.91 Å². The van der Waals surface area contributed by atoms with Crippen molar-refractivity contribution in [3.63, 3.8) is 0 Å². The second-order valence-corrected chi connectivity index (χ2v) is 28.9. The van der Waals surface area contributed by atoms with E-state index in [1.165, 1.54) is 347 Å². The molecule has 1 aliphatic heterocycles. The van der Waals surface area contributed by atoms with Crippen molar-refractivity contribution in [3.8, 4) is 0 Å². The standard InChI is InChI=1S/C85H159NO8/c1-3-5-7-9-11-13-15-17-19-21-23-25-27-29-31-33-35-36-37-38-39-40-41-42-43-44-45-47-49-51-53-55-57-59-61-63-65-67-69-71-73-75-81(89)86-78(77-93-85-84(92)83(91)82(90)80(76-87)94-85)79(88)74-72-70-68-66-64-62-60-58-56-54-52-50-48-46-34-32-30-28-26-24-22-20-18-16-14-12-10-8-6-4-2/h15,17,21,23,56,58,64,66,72,74,78-80,82-85,87-88,90-92H,3-14,16,18-20,22,24-55,57,59-63,65,67-71,73,75-77H2,1-2H3,(H,86,89)/b17-15-,23-21-,58-56+,66-64+,74-72+. The van der Waals surface area contributed by atoms with E-state index < -0.39 is 49.5 Å². The van der Waals surface area contributed by atoms with Crippen molar-refractivity contribution >= 4 is 5.91 Å². The molecule has 1 fully saturated rings. The molecule has 0 radical (unpaired) electrons. The van der Waals surface area contributed by atoms with E-state index in [2.05, 4.69) is 67.8 Å². The summed E-state index contributed by atoms with van der Waals surface area (Å²) in [5, 5.41) is 54.9. The van der Waals surface area contributed by atoms with Crippen molar-refractivity contribution in [1.82, 2.24) is 5.32 Å². The first-order valence-corrected chi connectivity index (χ1v) is 41.5. The lowest BCUT2D eigenvalue weighted by Crippen LogP contribution is -2.60. The van der Waals surface area contributed by atoms with Gasteiger partial charge in [0.05, 0.1) is 25.4 Å². The largest absolute Gasteiger partial charge is 0.394 e. The Morgan fingerprint density at radius 3 is 0.957 bits per heavy atom. The lowest BCUT2D eigenvalue weighted by Gasteiger charge is -2.40. The van der Waals surface area contributed by atoms with Crippen LogP contribution in [0.5, 0.6) is 0 Å². The molecular formula is C85H159NO8. The fraction of sp³-hybridized carbons (Fsp3) is 0.871. The number of carbonyl (C=O) groups excluding carboxylic acids is 1. The maximum Gasteiger partial charge on any atom is 0.220 e. The lowest BCUT2D eigenvalue weighted by atomic mass is 9.99. The van der Waals surface area contributed by atoms with Gasteiger partial charge in [0.1, 0.15) is 24.4 Å². The van der Waals surface area contributed by atoms with E-state index in [-0.39, 0.29) is 12.5 Å². The minimum atomic E-state index is -1.58. The van der Waals surface area contributed by atoms with Gasteiger partial charge in [-0.15, -0.1) is 0 Å². The van der Waals surface area contributed by atoms with E-state index in [0.717, 1.165) is 51.4 Å².